The van der Waals surface area contributed by atoms with Crippen LogP contribution in [-0.2, 0) is 11.3 Å². The maximum Gasteiger partial charge on any atom is 0.255 e. The molecule has 4 heteroatoms. The lowest BCUT2D eigenvalue weighted by Crippen LogP contribution is -2.43. The van der Waals surface area contributed by atoms with Crippen molar-refractivity contribution in [2.45, 2.75) is 31.8 Å². The Morgan fingerprint density at radius 2 is 2.11 bits per heavy atom. The molecule has 4 nitrogen and oxygen atoms in total. The molecule has 1 aliphatic carbocycles. The molecule has 19 heavy (non-hydrogen) atoms. The third-order valence-electron chi connectivity index (χ3n) is 3.91. The number of phenols is 1. The second-order valence-electron chi connectivity index (χ2n) is 5.18. The lowest BCUT2D eigenvalue weighted by Gasteiger charge is -2.30. The van der Waals surface area contributed by atoms with Crippen LogP contribution < -0.4 is 0 Å². The fraction of sp³-hybridized carbons (Fsp3) is 0.333. The van der Waals surface area contributed by atoms with Crippen LogP contribution in [0.2, 0.25) is 0 Å². The molecule has 0 radical (unpaired) electrons. The zero-order valence-electron chi connectivity index (χ0n) is 10.6. The topological polar surface area (TPSA) is 57.6 Å². The summed E-state index contributed by atoms with van der Waals surface area (Å²) in [7, 11) is 0. The van der Waals surface area contributed by atoms with E-state index in [1.54, 1.807) is 23.1 Å². The Bertz CT molecular complexity index is 591. The van der Waals surface area contributed by atoms with Crippen LogP contribution in [0.15, 0.2) is 30.4 Å². The third kappa shape index (κ3) is 1.84. The average molecular weight is 257 g/mol. The van der Waals surface area contributed by atoms with Gasteiger partial charge in [-0.3, -0.25) is 9.59 Å². The van der Waals surface area contributed by atoms with Crippen LogP contribution in [0.3, 0.4) is 0 Å². The number of fused-ring (bicyclic) bond motifs is 1. The number of Topliss-reactive ketones (excluding diaryl/α,β-unsaturated/α-hetero) is 1. The Balaban J connectivity index is 1.90. The minimum absolute atomic E-state index is 0.0527. The molecule has 1 fully saturated rings. The highest BCUT2D eigenvalue weighted by atomic mass is 16.3. The van der Waals surface area contributed by atoms with Gasteiger partial charge in [0.25, 0.3) is 5.91 Å². The number of carbonyl (C=O) groups excluding carboxylic acids is 2. The first-order valence-corrected chi connectivity index (χ1v) is 6.39. The quantitative estimate of drug-likeness (QED) is 0.783. The standard InChI is InChI=1S/C15H15NO3/c1-9-5-6-12(14(18)7-9)16-8-11-10(15(16)19)3-2-4-13(11)17/h2-4,12,17H,1,5-8H2. The van der Waals surface area contributed by atoms with Crippen molar-refractivity contribution >= 4 is 11.7 Å². The van der Waals surface area contributed by atoms with Crippen molar-refractivity contribution in [2.75, 3.05) is 0 Å². The van der Waals surface area contributed by atoms with Crippen LogP contribution in [0.25, 0.3) is 0 Å². The minimum Gasteiger partial charge on any atom is -0.508 e. The Morgan fingerprint density at radius 1 is 1.32 bits per heavy atom. The molecule has 0 bridgehead atoms. The summed E-state index contributed by atoms with van der Waals surface area (Å²) < 4.78 is 0. The monoisotopic (exact) mass is 257 g/mol. The van der Waals surface area contributed by atoms with E-state index in [2.05, 4.69) is 6.58 Å². The first-order chi connectivity index (χ1) is 9.08. The minimum atomic E-state index is -0.371. The molecule has 0 aromatic heterocycles. The average Bonchev–Trinajstić information content (AvgIpc) is 2.69. The van der Waals surface area contributed by atoms with Gasteiger partial charge >= 0.3 is 0 Å². The van der Waals surface area contributed by atoms with Crippen LogP contribution in [0.4, 0.5) is 0 Å². The molecule has 1 atom stereocenters. The maximum absolute atomic E-state index is 12.3. The molecule has 0 saturated heterocycles. The van der Waals surface area contributed by atoms with Crippen LogP contribution >= 0.6 is 0 Å². The van der Waals surface area contributed by atoms with Crippen LogP contribution in [0.1, 0.15) is 35.2 Å². The zero-order chi connectivity index (χ0) is 13.6. The molecule has 1 amide bonds. The van der Waals surface area contributed by atoms with E-state index < -0.39 is 0 Å². The summed E-state index contributed by atoms with van der Waals surface area (Å²) in [6.45, 7) is 4.16. The molecule has 1 aromatic rings. The first kappa shape index (κ1) is 12.0. The van der Waals surface area contributed by atoms with Crippen LogP contribution in [0.5, 0.6) is 5.75 Å². The third-order valence-corrected chi connectivity index (χ3v) is 3.91. The maximum atomic E-state index is 12.3. The van der Waals surface area contributed by atoms with Gasteiger partial charge in [0.2, 0.25) is 0 Å². The van der Waals surface area contributed by atoms with E-state index >= 15 is 0 Å². The SMILES string of the molecule is C=C1CCC(N2Cc3c(O)cccc3C2=O)C(=O)C1. The van der Waals surface area contributed by atoms with E-state index in [9.17, 15) is 14.7 Å². The highest BCUT2D eigenvalue weighted by Gasteiger charge is 2.38. The summed E-state index contributed by atoms with van der Waals surface area (Å²) in [5.41, 5.74) is 2.08. The van der Waals surface area contributed by atoms with Gasteiger partial charge in [0.1, 0.15) is 5.75 Å². The summed E-state index contributed by atoms with van der Waals surface area (Å²) in [6, 6.07) is 4.55. The number of nitrogens with zero attached hydrogens (tertiary/aromatic N) is 1. The number of amides is 1. The molecule has 3 rings (SSSR count). The van der Waals surface area contributed by atoms with Gasteiger partial charge in [0, 0.05) is 17.5 Å². The van der Waals surface area contributed by atoms with Crippen molar-refractivity contribution in [2.24, 2.45) is 0 Å². The van der Waals surface area contributed by atoms with Crippen LogP contribution in [-0.4, -0.2) is 27.7 Å². The second kappa shape index (κ2) is 4.23. The summed E-state index contributed by atoms with van der Waals surface area (Å²) in [5.74, 6) is 0.0228. The number of phenolic OH excluding ortho intramolecular Hbond substituents is 1. The smallest absolute Gasteiger partial charge is 0.255 e. The van der Waals surface area contributed by atoms with Crippen molar-refractivity contribution in [3.05, 3.63) is 41.5 Å². The summed E-state index contributed by atoms with van der Waals surface area (Å²) >= 11 is 0. The van der Waals surface area contributed by atoms with Crippen molar-refractivity contribution in [1.82, 2.24) is 4.90 Å². The molecule has 0 spiro atoms. The molecule has 1 aromatic carbocycles. The molecule has 1 saturated carbocycles. The number of hydrogen-bond acceptors (Lipinski definition) is 3. The lowest BCUT2D eigenvalue weighted by molar-refractivity contribution is -0.124. The van der Waals surface area contributed by atoms with Crippen molar-refractivity contribution < 1.29 is 14.7 Å². The molecule has 98 valence electrons. The molecule has 2 aliphatic rings. The number of ketones is 1. The van der Waals surface area contributed by atoms with E-state index in [0.717, 1.165) is 12.0 Å². The van der Waals surface area contributed by atoms with Crippen LogP contribution in [0, 0.1) is 0 Å². The Morgan fingerprint density at radius 3 is 2.79 bits per heavy atom. The number of aromatic hydroxyl groups is 1. The van der Waals surface area contributed by atoms with E-state index in [1.165, 1.54) is 0 Å². The fourth-order valence-corrected chi connectivity index (χ4v) is 2.87. The molecule has 1 unspecified atom stereocenters. The van der Waals surface area contributed by atoms with Gasteiger partial charge in [0.15, 0.2) is 5.78 Å². The predicted octanol–water partition coefficient (Wildman–Crippen LogP) is 2.03. The summed E-state index contributed by atoms with van der Waals surface area (Å²) in [4.78, 5) is 26.0. The zero-order valence-corrected chi connectivity index (χ0v) is 10.6. The second-order valence-corrected chi connectivity index (χ2v) is 5.18. The van der Waals surface area contributed by atoms with Gasteiger partial charge < -0.3 is 10.0 Å². The normalized spacial score (nSPS) is 22.8. The highest BCUT2D eigenvalue weighted by Crippen LogP contribution is 2.34. The lowest BCUT2D eigenvalue weighted by atomic mass is 9.90. The summed E-state index contributed by atoms with van der Waals surface area (Å²) in [6.07, 6.45) is 1.78. The van der Waals surface area contributed by atoms with Crippen molar-refractivity contribution in [1.29, 1.82) is 0 Å². The number of benzene rings is 1. The van der Waals surface area contributed by atoms with E-state index in [0.29, 0.717) is 30.5 Å². The molecule has 1 N–H and O–H groups in total. The Kier molecular flexibility index (Phi) is 2.66. The largest absolute Gasteiger partial charge is 0.508 e. The van der Waals surface area contributed by atoms with E-state index in [4.69, 9.17) is 0 Å². The van der Waals surface area contributed by atoms with Gasteiger partial charge in [-0.05, 0) is 25.0 Å². The Hall–Kier alpha value is -2.10. The fourth-order valence-electron chi connectivity index (χ4n) is 2.87. The summed E-state index contributed by atoms with van der Waals surface area (Å²) in [5, 5.41) is 9.80. The number of rotatable bonds is 1. The number of hydrogen-bond donors (Lipinski definition) is 1. The van der Waals surface area contributed by atoms with Gasteiger partial charge in [0.05, 0.1) is 12.6 Å². The van der Waals surface area contributed by atoms with Gasteiger partial charge in [-0.15, -0.1) is 0 Å². The highest BCUT2D eigenvalue weighted by molar-refractivity contribution is 6.02. The van der Waals surface area contributed by atoms with Crippen molar-refractivity contribution in [3.8, 4) is 5.75 Å². The van der Waals surface area contributed by atoms with Gasteiger partial charge in [-0.25, -0.2) is 0 Å². The molecular weight excluding hydrogens is 242 g/mol. The number of carbonyl (C=O) groups is 2. The van der Waals surface area contributed by atoms with Crippen molar-refractivity contribution in [3.63, 3.8) is 0 Å². The molecule has 1 heterocycles. The van der Waals surface area contributed by atoms with Gasteiger partial charge in [-0.1, -0.05) is 18.2 Å². The molecular formula is C15H15NO3. The first-order valence-electron chi connectivity index (χ1n) is 6.39. The molecule has 1 aliphatic heterocycles. The van der Waals surface area contributed by atoms with E-state index in [-0.39, 0.29) is 23.5 Å². The predicted molar refractivity (Wildman–Crippen MR) is 69.8 cm³/mol. The number of allylic oxidation sites excluding steroid dienone is 1. The van der Waals surface area contributed by atoms with Gasteiger partial charge in [-0.2, -0.15) is 0 Å². The Labute approximate surface area is 111 Å². The van der Waals surface area contributed by atoms with E-state index in [1.807, 2.05) is 0 Å².